The molecule has 0 fully saturated rings. The molecule has 0 bridgehead atoms. The van der Waals surface area contributed by atoms with Gasteiger partial charge in [-0.2, -0.15) is 0 Å². The van der Waals surface area contributed by atoms with E-state index in [-0.39, 0.29) is 6.42 Å². The fraction of sp³-hybridized carbons (Fsp3) is 0.111. The summed E-state index contributed by atoms with van der Waals surface area (Å²) in [5.74, 6) is -0.398. The number of imide groups is 1. The van der Waals surface area contributed by atoms with Gasteiger partial charge in [0.05, 0.1) is 12.1 Å². The van der Waals surface area contributed by atoms with Crippen LogP contribution in [-0.2, 0) is 11.2 Å². The van der Waals surface area contributed by atoms with Crippen molar-refractivity contribution in [2.75, 3.05) is 4.90 Å². The van der Waals surface area contributed by atoms with Crippen molar-refractivity contribution in [3.63, 3.8) is 0 Å². The Hall–Kier alpha value is -1.36. The highest BCUT2D eigenvalue weighted by Gasteiger charge is 2.31. The summed E-state index contributed by atoms with van der Waals surface area (Å²) in [4.78, 5) is 22.8. The molecule has 5 heteroatoms. The molecular formula is C9H6BrNO3. The first-order valence-corrected chi connectivity index (χ1v) is 4.73. The van der Waals surface area contributed by atoms with Gasteiger partial charge < -0.3 is 5.11 Å². The molecule has 2 rings (SSSR count). The Kier molecular flexibility index (Phi) is 2.03. The molecule has 1 aromatic carbocycles. The number of anilines is 1. The minimum atomic E-state index is -1.23. The van der Waals surface area contributed by atoms with Gasteiger partial charge >= 0.3 is 6.09 Å². The van der Waals surface area contributed by atoms with Gasteiger partial charge in [-0.05, 0) is 23.8 Å². The number of nitrogens with zero attached hydrogens (tertiary/aromatic N) is 1. The Morgan fingerprint density at radius 2 is 2.21 bits per heavy atom. The van der Waals surface area contributed by atoms with E-state index in [1.54, 1.807) is 18.2 Å². The van der Waals surface area contributed by atoms with Crippen molar-refractivity contribution in [3.8, 4) is 0 Å². The zero-order valence-corrected chi connectivity index (χ0v) is 8.61. The smallest absolute Gasteiger partial charge is 0.418 e. The third-order valence-corrected chi connectivity index (χ3v) is 2.56. The molecule has 0 saturated heterocycles. The van der Waals surface area contributed by atoms with Crippen molar-refractivity contribution in [3.05, 3.63) is 28.2 Å². The van der Waals surface area contributed by atoms with Gasteiger partial charge in [-0.15, -0.1) is 0 Å². The van der Waals surface area contributed by atoms with Crippen LogP contribution in [-0.4, -0.2) is 17.1 Å². The molecule has 1 N–H and O–H groups in total. The Balaban J connectivity index is 2.53. The molecule has 1 aliphatic rings. The number of hydrogen-bond acceptors (Lipinski definition) is 2. The minimum absolute atomic E-state index is 0.154. The van der Waals surface area contributed by atoms with Gasteiger partial charge in [-0.3, -0.25) is 4.79 Å². The summed E-state index contributed by atoms with van der Waals surface area (Å²) in [6.45, 7) is 0. The van der Waals surface area contributed by atoms with Gasteiger partial charge in [0.2, 0.25) is 5.91 Å². The molecule has 72 valence electrons. The van der Waals surface area contributed by atoms with E-state index in [9.17, 15) is 9.59 Å². The van der Waals surface area contributed by atoms with Crippen molar-refractivity contribution < 1.29 is 14.7 Å². The van der Waals surface area contributed by atoms with Crippen molar-refractivity contribution in [1.29, 1.82) is 0 Å². The molecule has 1 heterocycles. The van der Waals surface area contributed by atoms with Gasteiger partial charge in [0.1, 0.15) is 0 Å². The van der Waals surface area contributed by atoms with E-state index < -0.39 is 12.0 Å². The number of amides is 2. The number of benzene rings is 1. The van der Waals surface area contributed by atoms with Crippen LogP contribution >= 0.6 is 15.9 Å². The van der Waals surface area contributed by atoms with Gasteiger partial charge in [0.15, 0.2) is 0 Å². The minimum Gasteiger partial charge on any atom is -0.464 e. The van der Waals surface area contributed by atoms with Crippen LogP contribution in [0.5, 0.6) is 0 Å². The first kappa shape index (κ1) is 9.21. The molecule has 1 aromatic rings. The zero-order chi connectivity index (χ0) is 10.3. The Bertz CT molecular complexity index is 430. The van der Waals surface area contributed by atoms with Gasteiger partial charge in [-0.25, -0.2) is 9.69 Å². The largest absolute Gasteiger partial charge is 0.464 e. The van der Waals surface area contributed by atoms with Crippen LogP contribution in [0.25, 0.3) is 0 Å². The summed E-state index contributed by atoms with van der Waals surface area (Å²) in [5, 5.41) is 8.79. The van der Waals surface area contributed by atoms with E-state index in [1.807, 2.05) is 0 Å². The van der Waals surface area contributed by atoms with Crippen LogP contribution in [0.2, 0.25) is 0 Å². The molecule has 4 nitrogen and oxygen atoms in total. The van der Waals surface area contributed by atoms with Crippen LogP contribution < -0.4 is 4.90 Å². The molecule has 0 atom stereocenters. The Morgan fingerprint density at radius 3 is 2.86 bits per heavy atom. The van der Waals surface area contributed by atoms with Crippen molar-refractivity contribution in [1.82, 2.24) is 0 Å². The molecule has 1 aliphatic heterocycles. The van der Waals surface area contributed by atoms with Gasteiger partial charge in [-0.1, -0.05) is 15.9 Å². The first-order valence-electron chi connectivity index (χ1n) is 3.94. The van der Waals surface area contributed by atoms with E-state index in [0.717, 1.165) is 14.9 Å². The molecule has 14 heavy (non-hydrogen) atoms. The Morgan fingerprint density at radius 1 is 1.50 bits per heavy atom. The molecule has 0 spiro atoms. The second kappa shape index (κ2) is 3.09. The lowest BCUT2D eigenvalue weighted by molar-refractivity contribution is -0.116. The molecule has 0 saturated carbocycles. The average Bonchev–Trinajstić information content (AvgIpc) is 2.39. The maximum atomic E-state index is 11.3. The Labute approximate surface area is 88.3 Å². The number of carboxylic acid groups (broad SMARTS) is 1. The maximum absolute atomic E-state index is 11.3. The zero-order valence-electron chi connectivity index (χ0n) is 7.03. The van der Waals surface area contributed by atoms with Gasteiger partial charge in [0, 0.05) is 4.47 Å². The number of carbonyl (C=O) groups is 2. The molecular weight excluding hydrogens is 250 g/mol. The fourth-order valence-corrected chi connectivity index (χ4v) is 1.91. The third kappa shape index (κ3) is 1.29. The normalized spacial score (nSPS) is 14.4. The average molecular weight is 256 g/mol. The predicted molar refractivity (Wildman–Crippen MR) is 53.4 cm³/mol. The van der Waals surface area contributed by atoms with Crippen molar-refractivity contribution >= 4 is 33.6 Å². The summed E-state index contributed by atoms with van der Waals surface area (Å²) in [6.07, 6.45) is -1.07. The predicted octanol–water partition coefficient (Wildman–Crippen LogP) is 2.02. The number of halogens is 1. The van der Waals surface area contributed by atoms with Crippen LogP contribution in [0, 0.1) is 0 Å². The molecule has 0 radical (unpaired) electrons. The number of rotatable bonds is 0. The van der Waals surface area contributed by atoms with E-state index in [2.05, 4.69) is 15.9 Å². The quantitative estimate of drug-likeness (QED) is 0.772. The third-order valence-electron chi connectivity index (χ3n) is 2.06. The SMILES string of the molecule is O=C(O)N1C(=O)Cc2cc(Br)ccc21. The summed E-state index contributed by atoms with van der Waals surface area (Å²) in [5.41, 5.74) is 1.21. The number of hydrogen-bond donors (Lipinski definition) is 1. The number of fused-ring (bicyclic) bond motifs is 1. The number of carbonyl (C=O) groups excluding carboxylic acids is 1. The van der Waals surface area contributed by atoms with Crippen LogP contribution in [0.15, 0.2) is 22.7 Å². The highest BCUT2D eigenvalue weighted by Crippen LogP contribution is 2.31. The van der Waals surface area contributed by atoms with Gasteiger partial charge in [0.25, 0.3) is 0 Å². The fourth-order valence-electron chi connectivity index (χ4n) is 1.50. The lowest BCUT2D eigenvalue weighted by Gasteiger charge is -2.10. The van der Waals surface area contributed by atoms with Crippen LogP contribution in [0.4, 0.5) is 10.5 Å². The van der Waals surface area contributed by atoms with E-state index in [0.29, 0.717) is 5.69 Å². The van der Waals surface area contributed by atoms with E-state index in [1.165, 1.54) is 0 Å². The highest BCUT2D eigenvalue weighted by molar-refractivity contribution is 9.10. The molecule has 0 aromatic heterocycles. The molecule has 2 amide bonds. The maximum Gasteiger partial charge on any atom is 0.418 e. The first-order chi connectivity index (χ1) is 6.59. The lowest BCUT2D eigenvalue weighted by Crippen LogP contribution is -2.31. The van der Waals surface area contributed by atoms with E-state index >= 15 is 0 Å². The molecule has 0 aliphatic carbocycles. The second-order valence-corrected chi connectivity index (χ2v) is 3.88. The highest BCUT2D eigenvalue weighted by atomic mass is 79.9. The monoisotopic (exact) mass is 255 g/mol. The van der Waals surface area contributed by atoms with Crippen LogP contribution in [0.3, 0.4) is 0 Å². The summed E-state index contributed by atoms with van der Waals surface area (Å²) < 4.78 is 0.844. The van der Waals surface area contributed by atoms with Crippen molar-refractivity contribution in [2.45, 2.75) is 6.42 Å². The lowest BCUT2D eigenvalue weighted by atomic mass is 10.2. The molecule has 0 unspecified atom stereocenters. The van der Waals surface area contributed by atoms with Crippen molar-refractivity contribution in [2.24, 2.45) is 0 Å². The summed E-state index contributed by atoms with van der Waals surface area (Å²) in [7, 11) is 0. The second-order valence-electron chi connectivity index (χ2n) is 2.96. The summed E-state index contributed by atoms with van der Waals surface area (Å²) >= 11 is 3.26. The topological polar surface area (TPSA) is 57.6 Å². The van der Waals surface area contributed by atoms with Crippen LogP contribution in [0.1, 0.15) is 5.56 Å². The summed E-state index contributed by atoms with van der Waals surface area (Å²) in [6, 6.07) is 5.10. The van der Waals surface area contributed by atoms with E-state index in [4.69, 9.17) is 5.11 Å². The standard InChI is InChI=1S/C9H6BrNO3/c10-6-1-2-7-5(3-6)4-8(12)11(7)9(13)14/h1-3H,4H2,(H,13,14).